The summed E-state index contributed by atoms with van der Waals surface area (Å²) in [5.41, 5.74) is -2.16. The van der Waals surface area contributed by atoms with Gasteiger partial charge in [0, 0.05) is 5.69 Å². The van der Waals surface area contributed by atoms with E-state index in [0.717, 1.165) is 12.5 Å². The van der Waals surface area contributed by atoms with Crippen LogP contribution in [0.25, 0.3) is 0 Å². The Kier molecular flexibility index (Phi) is 8.31. The van der Waals surface area contributed by atoms with Crippen molar-refractivity contribution in [2.75, 3.05) is 43.4 Å². The Morgan fingerprint density at radius 3 is 2.35 bits per heavy atom. The van der Waals surface area contributed by atoms with Crippen molar-refractivity contribution in [1.29, 1.82) is 0 Å². The lowest BCUT2D eigenvalue weighted by atomic mass is 9.75. The predicted molar refractivity (Wildman–Crippen MR) is 161 cm³/mol. The van der Waals surface area contributed by atoms with Crippen LogP contribution in [0.2, 0.25) is 0 Å². The first-order valence-electron chi connectivity index (χ1n) is 14.0. The Labute approximate surface area is 254 Å². The monoisotopic (exact) mass is 619 g/mol. The molecule has 1 amide bonds. The number of aliphatic imine (C=N–C) groups is 1. The number of nitrogens with zero attached hydrogens (tertiary/aromatic N) is 5. The van der Waals surface area contributed by atoms with Gasteiger partial charge in [0.25, 0.3) is 5.91 Å². The maximum atomic E-state index is 13.9. The number of anilines is 2. The first-order valence-corrected chi connectivity index (χ1v) is 14.4. The van der Waals surface area contributed by atoms with Gasteiger partial charge in [0.2, 0.25) is 0 Å². The van der Waals surface area contributed by atoms with E-state index in [0.29, 0.717) is 50.8 Å². The molecule has 3 fully saturated rings. The Hall–Kier alpha value is -3.13. The van der Waals surface area contributed by atoms with Crippen molar-refractivity contribution in [1.82, 2.24) is 9.88 Å². The largest absolute Gasteiger partial charge is 0.491 e. The van der Waals surface area contributed by atoms with E-state index in [9.17, 15) is 18.0 Å². The van der Waals surface area contributed by atoms with Crippen molar-refractivity contribution in [3.8, 4) is 5.75 Å². The molecule has 3 heterocycles. The molecule has 43 heavy (non-hydrogen) atoms. The summed E-state index contributed by atoms with van der Waals surface area (Å²) in [5, 5.41) is 0.105. The molecule has 1 aromatic heterocycles. The fourth-order valence-corrected chi connectivity index (χ4v) is 5.85. The number of likely N-dealkylation sites (N-methyl/N-ethyl adjacent to an activating group) is 1. The molecule has 3 aliphatic rings. The maximum absolute atomic E-state index is 13.9. The molecule has 2 aromatic rings. The molecule has 0 unspecified atom stereocenters. The van der Waals surface area contributed by atoms with Crippen molar-refractivity contribution >= 4 is 41.3 Å². The lowest BCUT2D eigenvalue weighted by Crippen LogP contribution is -2.65. The van der Waals surface area contributed by atoms with Crippen LogP contribution < -0.4 is 14.5 Å². The number of ether oxygens (including phenoxy) is 3. The second-order valence-corrected chi connectivity index (χ2v) is 12.7. The molecule has 2 saturated heterocycles. The number of hydrogen-bond donors (Lipinski definition) is 0. The highest BCUT2D eigenvalue weighted by molar-refractivity contribution is 7.81. The zero-order valence-corrected chi connectivity index (χ0v) is 25.6. The van der Waals surface area contributed by atoms with E-state index in [1.807, 2.05) is 40.0 Å². The molecular formula is C30H36F3N5O4S. The second kappa shape index (κ2) is 11.4. The summed E-state index contributed by atoms with van der Waals surface area (Å²) >= 11 is 5.74. The van der Waals surface area contributed by atoms with Gasteiger partial charge in [0.05, 0.1) is 48.5 Å². The lowest BCUT2D eigenvalue weighted by Gasteiger charge is -2.47. The topological polar surface area (TPSA) is 79.7 Å². The number of pyridine rings is 1. The number of alkyl halides is 3. The summed E-state index contributed by atoms with van der Waals surface area (Å²) in [6.07, 6.45) is -1.59. The van der Waals surface area contributed by atoms with Gasteiger partial charge in [-0.2, -0.15) is 13.2 Å². The summed E-state index contributed by atoms with van der Waals surface area (Å²) in [6, 6.07) is 8.14. The lowest BCUT2D eigenvalue weighted by molar-refractivity contribution is -0.186. The van der Waals surface area contributed by atoms with Crippen LogP contribution in [-0.4, -0.2) is 77.9 Å². The minimum atomic E-state index is -4.68. The van der Waals surface area contributed by atoms with Gasteiger partial charge in [-0.25, -0.2) is 0 Å². The Balaban J connectivity index is 1.35. The van der Waals surface area contributed by atoms with Gasteiger partial charge in [-0.15, -0.1) is 0 Å². The van der Waals surface area contributed by atoms with E-state index in [1.54, 1.807) is 17.0 Å². The molecule has 232 valence electrons. The van der Waals surface area contributed by atoms with Crippen molar-refractivity contribution in [3.05, 3.63) is 47.8 Å². The van der Waals surface area contributed by atoms with Crippen LogP contribution in [0.5, 0.6) is 5.75 Å². The van der Waals surface area contributed by atoms with Crippen LogP contribution in [0.15, 0.2) is 41.5 Å². The first kappa shape index (κ1) is 31.3. The summed E-state index contributed by atoms with van der Waals surface area (Å²) in [4.78, 5) is 26.3. The standard InChI is InChI=1S/C30H36F3N5O4S/c1-27(2,3)42-19-36(5)28(16-40-17-28)18-41-22-9-7-20(8-10-22)38-26(43)37(25(39)29(38)11-6-12-29)21-13-23(30(31,32)33)24(15-34-4)35-14-21/h7-10,13-14H,4,6,11-12,15-19H2,1-3,5H3. The minimum Gasteiger partial charge on any atom is -0.491 e. The van der Waals surface area contributed by atoms with Crippen LogP contribution in [0, 0.1) is 0 Å². The van der Waals surface area contributed by atoms with Gasteiger partial charge in [0.1, 0.15) is 30.2 Å². The molecule has 5 rings (SSSR count). The molecule has 1 saturated carbocycles. The van der Waals surface area contributed by atoms with Crippen LogP contribution in [0.3, 0.4) is 0 Å². The molecule has 1 aliphatic carbocycles. The maximum Gasteiger partial charge on any atom is 0.418 e. The van der Waals surface area contributed by atoms with Crippen molar-refractivity contribution in [3.63, 3.8) is 0 Å². The van der Waals surface area contributed by atoms with Crippen LogP contribution in [-0.2, 0) is 27.0 Å². The van der Waals surface area contributed by atoms with E-state index in [2.05, 4.69) is 21.6 Å². The fourth-order valence-electron chi connectivity index (χ4n) is 5.38. The zero-order chi connectivity index (χ0) is 31.2. The quantitative estimate of drug-likeness (QED) is 0.204. The first-order chi connectivity index (χ1) is 20.2. The number of rotatable bonds is 10. The molecule has 1 spiro atoms. The molecule has 0 radical (unpaired) electrons. The van der Waals surface area contributed by atoms with E-state index >= 15 is 0 Å². The second-order valence-electron chi connectivity index (χ2n) is 12.3. The summed E-state index contributed by atoms with van der Waals surface area (Å²) in [6.45, 7) is 10.9. The van der Waals surface area contributed by atoms with Crippen molar-refractivity contribution in [2.45, 2.75) is 69.4 Å². The number of carbonyl (C=O) groups excluding carboxylic acids is 1. The number of aromatic nitrogens is 1. The average molecular weight is 620 g/mol. The molecule has 1 aromatic carbocycles. The van der Waals surface area contributed by atoms with Gasteiger partial charge in [0.15, 0.2) is 5.11 Å². The number of benzene rings is 1. The number of carbonyl (C=O) groups is 1. The third-order valence-electron chi connectivity index (χ3n) is 8.22. The fraction of sp³-hybridized carbons (Fsp3) is 0.533. The van der Waals surface area contributed by atoms with E-state index in [1.165, 1.54) is 11.1 Å². The number of halogens is 3. The number of thiocarbonyl (C=S) groups is 1. The molecule has 13 heteroatoms. The molecule has 9 nitrogen and oxygen atoms in total. The molecule has 0 N–H and O–H groups in total. The normalized spacial score (nSPS) is 19.5. The van der Waals surface area contributed by atoms with Crippen LogP contribution >= 0.6 is 12.2 Å². The van der Waals surface area contributed by atoms with Gasteiger partial charge >= 0.3 is 6.18 Å². The zero-order valence-electron chi connectivity index (χ0n) is 24.7. The van der Waals surface area contributed by atoms with Crippen LogP contribution in [0.1, 0.15) is 51.3 Å². The number of amides is 1. The predicted octanol–water partition coefficient (Wildman–Crippen LogP) is 5.21. The molecule has 0 atom stereocenters. The van der Waals surface area contributed by atoms with E-state index in [4.69, 9.17) is 26.4 Å². The smallest absolute Gasteiger partial charge is 0.418 e. The van der Waals surface area contributed by atoms with Gasteiger partial charge in [-0.05, 0) is 96.3 Å². The summed E-state index contributed by atoms with van der Waals surface area (Å²) < 4.78 is 59.2. The van der Waals surface area contributed by atoms with E-state index in [-0.39, 0.29) is 40.1 Å². The SMILES string of the molecule is C=NCc1ncc(N2C(=O)C3(CCC3)N(c3ccc(OCC4(N(C)COC(C)(C)C)COC4)cc3)C2=S)cc1C(F)(F)F. The van der Waals surface area contributed by atoms with E-state index < -0.39 is 17.3 Å². The highest BCUT2D eigenvalue weighted by Crippen LogP contribution is 2.48. The van der Waals surface area contributed by atoms with Gasteiger partial charge in [-0.1, -0.05) is 0 Å². The average Bonchev–Trinajstić information content (AvgIpc) is 3.13. The molecule has 0 bridgehead atoms. The van der Waals surface area contributed by atoms with Gasteiger partial charge in [-0.3, -0.25) is 24.6 Å². The minimum absolute atomic E-state index is 0.0311. The summed E-state index contributed by atoms with van der Waals surface area (Å²) in [7, 11) is 1.98. The van der Waals surface area contributed by atoms with Crippen LogP contribution in [0.4, 0.5) is 24.5 Å². The number of hydrogen-bond acceptors (Lipinski definition) is 8. The van der Waals surface area contributed by atoms with Crippen molar-refractivity contribution < 1.29 is 32.2 Å². The summed E-state index contributed by atoms with van der Waals surface area (Å²) in [5.74, 6) is 0.266. The molecule has 2 aliphatic heterocycles. The Bertz CT molecular complexity index is 1390. The van der Waals surface area contributed by atoms with Gasteiger partial charge < -0.3 is 19.1 Å². The Morgan fingerprint density at radius 1 is 1.16 bits per heavy atom. The Morgan fingerprint density at radius 2 is 1.84 bits per heavy atom. The molecular weight excluding hydrogens is 583 g/mol. The highest BCUT2D eigenvalue weighted by atomic mass is 32.1. The van der Waals surface area contributed by atoms with Crippen molar-refractivity contribution in [2.24, 2.45) is 4.99 Å². The third kappa shape index (κ3) is 5.87. The highest BCUT2D eigenvalue weighted by Gasteiger charge is 2.59. The third-order valence-corrected chi connectivity index (χ3v) is 8.58.